The minimum Gasteiger partial charge on any atom is -0.326 e. The molecule has 3 rings (SSSR count). The number of hydrogen-bond acceptors (Lipinski definition) is 3. The number of hydrogen-bond donors (Lipinski definition) is 1. The van der Waals surface area contributed by atoms with E-state index >= 15 is 0 Å². The molecule has 150 valence electrons. The van der Waals surface area contributed by atoms with Crippen molar-refractivity contribution in [2.45, 2.75) is 18.4 Å². The zero-order valence-corrected chi connectivity index (χ0v) is 17.0. The predicted octanol–water partition coefficient (Wildman–Crippen LogP) is 4.83. The van der Waals surface area contributed by atoms with Gasteiger partial charge in [-0.05, 0) is 60.2 Å². The van der Waals surface area contributed by atoms with Crippen LogP contribution < -0.4 is 9.62 Å². The van der Waals surface area contributed by atoms with Gasteiger partial charge in [-0.25, -0.2) is 12.8 Å². The fourth-order valence-electron chi connectivity index (χ4n) is 2.74. The van der Waals surface area contributed by atoms with Gasteiger partial charge < -0.3 is 5.32 Å². The molecule has 0 saturated carbocycles. The molecule has 3 aromatic rings. The van der Waals surface area contributed by atoms with Gasteiger partial charge in [0.25, 0.3) is 10.0 Å². The Balaban J connectivity index is 2.01. The van der Waals surface area contributed by atoms with Crippen molar-refractivity contribution >= 4 is 38.9 Å². The number of carbonyl (C=O) groups is 1. The molecule has 8 heteroatoms. The van der Waals surface area contributed by atoms with E-state index in [0.717, 1.165) is 0 Å². The third-order valence-electron chi connectivity index (χ3n) is 4.10. The number of nitrogens with one attached hydrogen (secondary N) is 1. The molecule has 5 nitrogen and oxygen atoms in total. The second-order valence-electron chi connectivity index (χ2n) is 6.32. The van der Waals surface area contributed by atoms with Crippen LogP contribution in [-0.2, 0) is 21.4 Å². The van der Waals surface area contributed by atoms with E-state index in [-0.39, 0.29) is 17.3 Å². The molecule has 0 heterocycles. The Labute approximate surface area is 173 Å². The number of benzene rings is 3. The van der Waals surface area contributed by atoms with E-state index in [9.17, 15) is 17.6 Å². The monoisotopic (exact) mass is 432 g/mol. The van der Waals surface area contributed by atoms with Gasteiger partial charge in [-0.2, -0.15) is 0 Å². The first-order valence-corrected chi connectivity index (χ1v) is 10.5. The largest absolute Gasteiger partial charge is 0.326 e. The van der Waals surface area contributed by atoms with Crippen molar-refractivity contribution in [3.8, 4) is 0 Å². The maximum absolute atomic E-state index is 13.4. The summed E-state index contributed by atoms with van der Waals surface area (Å²) in [5.74, 6) is -0.656. The van der Waals surface area contributed by atoms with Crippen LogP contribution in [0.3, 0.4) is 0 Å². The van der Waals surface area contributed by atoms with Gasteiger partial charge >= 0.3 is 0 Å². The standard InChI is InChI=1S/C21H18ClFN2O3S/c1-15(26)24-19-9-11-21(12-10-19)29(27,28)25(20-4-2-3-17(22)13-20)14-16-5-7-18(23)8-6-16/h2-13H,14H2,1H3,(H,24,26). The Morgan fingerprint density at radius 3 is 2.28 bits per heavy atom. The number of anilines is 2. The van der Waals surface area contributed by atoms with Crippen LogP contribution in [0.2, 0.25) is 5.02 Å². The fraction of sp³-hybridized carbons (Fsp3) is 0.0952. The van der Waals surface area contributed by atoms with Crippen molar-refractivity contribution in [3.63, 3.8) is 0 Å². The summed E-state index contributed by atoms with van der Waals surface area (Å²) < 4.78 is 41.2. The zero-order valence-electron chi connectivity index (χ0n) is 15.5. The Hall–Kier alpha value is -2.90. The Morgan fingerprint density at radius 2 is 1.69 bits per heavy atom. The van der Waals surface area contributed by atoms with Gasteiger partial charge in [-0.15, -0.1) is 0 Å². The van der Waals surface area contributed by atoms with Crippen LogP contribution in [0, 0.1) is 5.82 Å². The van der Waals surface area contributed by atoms with Crippen molar-refractivity contribution in [1.29, 1.82) is 0 Å². The lowest BCUT2D eigenvalue weighted by Gasteiger charge is -2.25. The van der Waals surface area contributed by atoms with E-state index in [1.165, 1.54) is 59.8 Å². The SMILES string of the molecule is CC(=O)Nc1ccc(S(=O)(=O)N(Cc2ccc(F)cc2)c2cccc(Cl)c2)cc1. The molecule has 0 aliphatic carbocycles. The topological polar surface area (TPSA) is 66.5 Å². The summed E-state index contributed by atoms with van der Waals surface area (Å²) in [4.78, 5) is 11.2. The highest BCUT2D eigenvalue weighted by Gasteiger charge is 2.25. The van der Waals surface area contributed by atoms with E-state index in [1.54, 1.807) is 24.3 Å². The molecule has 0 aromatic heterocycles. The van der Waals surface area contributed by atoms with Gasteiger partial charge in [0.1, 0.15) is 5.82 Å². The third kappa shape index (κ3) is 5.13. The average molecular weight is 433 g/mol. The summed E-state index contributed by atoms with van der Waals surface area (Å²) >= 11 is 6.07. The molecule has 0 radical (unpaired) electrons. The minimum atomic E-state index is -3.96. The molecule has 1 amide bonds. The molecule has 0 bridgehead atoms. The molecule has 0 aliphatic heterocycles. The van der Waals surface area contributed by atoms with Crippen molar-refractivity contribution in [2.24, 2.45) is 0 Å². The summed E-state index contributed by atoms with van der Waals surface area (Å²) in [6, 6.07) is 18.0. The number of nitrogens with zero attached hydrogens (tertiary/aromatic N) is 1. The lowest BCUT2D eigenvalue weighted by Crippen LogP contribution is -2.30. The first-order chi connectivity index (χ1) is 13.8. The molecule has 0 saturated heterocycles. The molecule has 0 atom stereocenters. The van der Waals surface area contributed by atoms with E-state index in [2.05, 4.69) is 5.32 Å². The normalized spacial score (nSPS) is 11.1. The van der Waals surface area contributed by atoms with Crippen molar-refractivity contribution in [3.05, 3.63) is 89.2 Å². The summed E-state index contributed by atoms with van der Waals surface area (Å²) in [6.07, 6.45) is 0. The minimum absolute atomic E-state index is 0.00357. The van der Waals surface area contributed by atoms with Gasteiger partial charge in [-0.3, -0.25) is 9.10 Å². The Morgan fingerprint density at radius 1 is 1.03 bits per heavy atom. The van der Waals surface area contributed by atoms with Gasteiger partial charge in [0, 0.05) is 17.6 Å². The van der Waals surface area contributed by atoms with Gasteiger partial charge in [-0.1, -0.05) is 29.8 Å². The third-order valence-corrected chi connectivity index (χ3v) is 6.12. The first kappa shape index (κ1) is 20.8. The van der Waals surface area contributed by atoms with E-state index in [1.807, 2.05) is 0 Å². The van der Waals surface area contributed by atoms with Gasteiger partial charge in [0.05, 0.1) is 17.1 Å². The highest BCUT2D eigenvalue weighted by atomic mass is 35.5. The highest BCUT2D eigenvalue weighted by Crippen LogP contribution is 2.28. The summed E-state index contributed by atoms with van der Waals surface area (Å²) in [7, 11) is -3.96. The van der Waals surface area contributed by atoms with Crippen LogP contribution in [-0.4, -0.2) is 14.3 Å². The Bertz CT molecular complexity index is 1120. The Kier molecular flexibility index (Phi) is 6.20. The van der Waals surface area contributed by atoms with Crippen LogP contribution in [0.4, 0.5) is 15.8 Å². The zero-order chi connectivity index (χ0) is 21.0. The van der Waals surface area contributed by atoms with Crippen LogP contribution in [0.25, 0.3) is 0 Å². The van der Waals surface area contributed by atoms with E-state index in [4.69, 9.17) is 11.6 Å². The van der Waals surface area contributed by atoms with Crippen LogP contribution in [0.1, 0.15) is 12.5 Å². The maximum atomic E-state index is 13.4. The van der Waals surface area contributed by atoms with Crippen LogP contribution >= 0.6 is 11.6 Å². The van der Waals surface area contributed by atoms with Gasteiger partial charge in [0.2, 0.25) is 5.91 Å². The number of carbonyl (C=O) groups excluding carboxylic acids is 1. The fourth-order valence-corrected chi connectivity index (χ4v) is 4.37. The second-order valence-corrected chi connectivity index (χ2v) is 8.62. The quantitative estimate of drug-likeness (QED) is 0.606. The molecular weight excluding hydrogens is 415 g/mol. The number of halogens is 2. The molecule has 0 fully saturated rings. The molecule has 1 N–H and O–H groups in total. The summed E-state index contributed by atoms with van der Waals surface area (Å²) in [6.45, 7) is 1.37. The molecule has 0 spiro atoms. The number of amides is 1. The number of rotatable bonds is 6. The van der Waals surface area contributed by atoms with Crippen molar-refractivity contribution < 1.29 is 17.6 Å². The van der Waals surface area contributed by atoms with Crippen molar-refractivity contribution in [1.82, 2.24) is 0 Å². The number of sulfonamides is 1. The molecular formula is C21H18ClFN2O3S. The average Bonchev–Trinajstić information content (AvgIpc) is 2.67. The van der Waals surface area contributed by atoms with Gasteiger partial charge in [0.15, 0.2) is 0 Å². The molecule has 0 aliphatic rings. The van der Waals surface area contributed by atoms with Crippen LogP contribution in [0.5, 0.6) is 0 Å². The maximum Gasteiger partial charge on any atom is 0.264 e. The summed E-state index contributed by atoms with van der Waals surface area (Å²) in [5, 5.41) is 2.99. The smallest absolute Gasteiger partial charge is 0.264 e. The van der Waals surface area contributed by atoms with Crippen molar-refractivity contribution in [2.75, 3.05) is 9.62 Å². The molecule has 29 heavy (non-hydrogen) atoms. The summed E-state index contributed by atoms with van der Waals surface area (Å²) in [5.41, 5.74) is 1.49. The lowest BCUT2D eigenvalue weighted by atomic mass is 10.2. The predicted molar refractivity (Wildman–Crippen MR) is 112 cm³/mol. The molecule has 0 unspecified atom stereocenters. The lowest BCUT2D eigenvalue weighted by molar-refractivity contribution is -0.114. The van der Waals surface area contributed by atoms with E-state index in [0.29, 0.717) is 22.0 Å². The highest BCUT2D eigenvalue weighted by molar-refractivity contribution is 7.92. The first-order valence-electron chi connectivity index (χ1n) is 8.66. The second kappa shape index (κ2) is 8.63. The van der Waals surface area contributed by atoms with Crippen LogP contribution in [0.15, 0.2) is 77.7 Å². The van der Waals surface area contributed by atoms with E-state index < -0.39 is 15.8 Å². The molecule has 3 aromatic carbocycles.